The first kappa shape index (κ1) is 12.9. The molecule has 0 aliphatic carbocycles. The molecule has 0 spiro atoms. The van der Waals surface area contributed by atoms with Crippen LogP contribution in [0.2, 0.25) is 0 Å². The van der Waals surface area contributed by atoms with Crippen LogP contribution in [0.15, 0.2) is 0 Å². The van der Waals surface area contributed by atoms with Gasteiger partial charge in [-0.2, -0.15) is 0 Å². The highest BCUT2D eigenvalue weighted by atomic mass is 16.5. The molecule has 0 aromatic rings. The summed E-state index contributed by atoms with van der Waals surface area (Å²) in [5, 5.41) is 18.6. The maximum absolute atomic E-state index is 9.35. The summed E-state index contributed by atoms with van der Waals surface area (Å²) in [5.74, 6) is 0. The lowest BCUT2D eigenvalue weighted by Gasteiger charge is -2.40. The average Bonchev–Trinajstić information content (AvgIpc) is 2.29. The summed E-state index contributed by atoms with van der Waals surface area (Å²) in [6.45, 7) is 7.49. The lowest BCUT2D eigenvalue weighted by atomic mass is 9.87. The number of morpholine rings is 1. The molecular formula is C11H23NO3. The first-order valence-electron chi connectivity index (χ1n) is 5.68. The molecule has 4 heteroatoms. The fourth-order valence-electron chi connectivity index (χ4n) is 1.83. The van der Waals surface area contributed by atoms with Gasteiger partial charge in [0.2, 0.25) is 0 Å². The molecule has 2 unspecified atom stereocenters. The molecule has 1 heterocycles. The Morgan fingerprint density at radius 3 is 2.73 bits per heavy atom. The van der Waals surface area contributed by atoms with Crippen molar-refractivity contribution in [2.24, 2.45) is 5.41 Å². The molecule has 0 bridgehead atoms. The number of hydrogen-bond donors (Lipinski definition) is 2. The highest BCUT2D eigenvalue weighted by Crippen LogP contribution is 2.23. The van der Waals surface area contributed by atoms with Gasteiger partial charge < -0.3 is 14.9 Å². The third-order valence-corrected chi connectivity index (χ3v) is 3.38. The molecule has 1 aliphatic rings. The molecule has 0 aromatic carbocycles. The van der Waals surface area contributed by atoms with Crippen molar-refractivity contribution in [2.75, 3.05) is 39.5 Å². The molecule has 90 valence electrons. The van der Waals surface area contributed by atoms with E-state index in [1.165, 1.54) is 0 Å². The van der Waals surface area contributed by atoms with E-state index in [-0.39, 0.29) is 24.7 Å². The van der Waals surface area contributed by atoms with Crippen molar-refractivity contribution in [1.29, 1.82) is 0 Å². The second-order valence-corrected chi connectivity index (χ2v) is 4.70. The van der Waals surface area contributed by atoms with Crippen LogP contribution >= 0.6 is 0 Å². The van der Waals surface area contributed by atoms with Crippen molar-refractivity contribution < 1.29 is 14.9 Å². The highest BCUT2D eigenvalue weighted by molar-refractivity contribution is 4.82. The topological polar surface area (TPSA) is 52.9 Å². The van der Waals surface area contributed by atoms with E-state index in [1.54, 1.807) is 0 Å². The molecule has 0 saturated carbocycles. The Hall–Kier alpha value is -0.160. The van der Waals surface area contributed by atoms with Crippen LogP contribution in [-0.2, 0) is 4.74 Å². The lowest BCUT2D eigenvalue weighted by Crippen LogP contribution is -2.51. The molecule has 1 saturated heterocycles. The molecular weight excluding hydrogens is 194 g/mol. The van der Waals surface area contributed by atoms with Crippen LogP contribution < -0.4 is 0 Å². The van der Waals surface area contributed by atoms with E-state index in [9.17, 15) is 10.2 Å². The maximum atomic E-state index is 9.35. The smallest absolute Gasteiger partial charge is 0.0644 e. The maximum Gasteiger partial charge on any atom is 0.0644 e. The van der Waals surface area contributed by atoms with Crippen LogP contribution in [0.3, 0.4) is 0 Å². The SMILES string of the molecule is CCC(C)(CO)CN1CCOCC1CO. The Morgan fingerprint density at radius 1 is 1.47 bits per heavy atom. The standard InChI is InChI=1S/C11H23NO3/c1-3-11(2,9-14)8-12-4-5-15-7-10(12)6-13/h10,13-14H,3-9H2,1-2H3. The number of rotatable bonds is 5. The van der Waals surface area contributed by atoms with E-state index in [2.05, 4.69) is 18.7 Å². The van der Waals surface area contributed by atoms with E-state index in [0.29, 0.717) is 6.61 Å². The van der Waals surface area contributed by atoms with Crippen LogP contribution in [0.25, 0.3) is 0 Å². The van der Waals surface area contributed by atoms with Crippen LogP contribution in [0.5, 0.6) is 0 Å². The van der Waals surface area contributed by atoms with Gasteiger partial charge in [0.05, 0.1) is 25.9 Å². The third kappa shape index (κ3) is 3.41. The molecule has 4 nitrogen and oxygen atoms in total. The highest BCUT2D eigenvalue weighted by Gasteiger charge is 2.30. The monoisotopic (exact) mass is 217 g/mol. The fourth-order valence-corrected chi connectivity index (χ4v) is 1.83. The summed E-state index contributed by atoms with van der Waals surface area (Å²) >= 11 is 0. The van der Waals surface area contributed by atoms with Gasteiger partial charge in [-0.3, -0.25) is 4.90 Å². The molecule has 2 N–H and O–H groups in total. The zero-order valence-corrected chi connectivity index (χ0v) is 9.78. The van der Waals surface area contributed by atoms with Gasteiger partial charge in [-0.1, -0.05) is 13.8 Å². The normalized spacial score (nSPS) is 27.6. The van der Waals surface area contributed by atoms with Crippen molar-refractivity contribution in [1.82, 2.24) is 4.90 Å². The first-order valence-corrected chi connectivity index (χ1v) is 5.68. The molecule has 0 radical (unpaired) electrons. The Morgan fingerprint density at radius 2 is 2.20 bits per heavy atom. The van der Waals surface area contributed by atoms with E-state index in [4.69, 9.17) is 4.74 Å². The van der Waals surface area contributed by atoms with Gasteiger partial charge in [0.25, 0.3) is 0 Å². The summed E-state index contributed by atoms with van der Waals surface area (Å²) in [6, 6.07) is 0.0937. The lowest BCUT2D eigenvalue weighted by molar-refractivity contribution is -0.0499. The van der Waals surface area contributed by atoms with E-state index in [1.807, 2.05) is 0 Å². The van der Waals surface area contributed by atoms with Crippen molar-refractivity contribution in [3.05, 3.63) is 0 Å². The van der Waals surface area contributed by atoms with Crippen LogP contribution in [0, 0.1) is 5.41 Å². The molecule has 0 amide bonds. The minimum Gasteiger partial charge on any atom is -0.396 e. The Labute approximate surface area is 91.8 Å². The van der Waals surface area contributed by atoms with Gasteiger partial charge in [0.1, 0.15) is 0 Å². The van der Waals surface area contributed by atoms with Crippen molar-refractivity contribution in [3.8, 4) is 0 Å². The predicted octanol–water partition coefficient (Wildman–Crippen LogP) is 0.0881. The first-order chi connectivity index (χ1) is 7.15. The Balaban J connectivity index is 2.53. The van der Waals surface area contributed by atoms with Gasteiger partial charge in [0.15, 0.2) is 0 Å². The Kier molecular flexibility index (Phi) is 4.99. The number of hydrogen-bond acceptors (Lipinski definition) is 4. The summed E-state index contributed by atoms with van der Waals surface area (Å²) < 4.78 is 5.32. The number of aliphatic hydroxyl groups excluding tert-OH is 2. The second-order valence-electron chi connectivity index (χ2n) is 4.70. The number of nitrogens with zero attached hydrogens (tertiary/aromatic N) is 1. The predicted molar refractivity (Wildman–Crippen MR) is 58.7 cm³/mol. The summed E-state index contributed by atoms with van der Waals surface area (Å²) in [4.78, 5) is 2.23. The molecule has 1 fully saturated rings. The van der Waals surface area contributed by atoms with Crippen LogP contribution in [0.1, 0.15) is 20.3 Å². The van der Waals surface area contributed by atoms with Crippen molar-refractivity contribution in [2.45, 2.75) is 26.3 Å². The summed E-state index contributed by atoms with van der Waals surface area (Å²) in [7, 11) is 0. The minimum absolute atomic E-state index is 0.0647. The number of aliphatic hydroxyl groups is 2. The third-order valence-electron chi connectivity index (χ3n) is 3.38. The van der Waals surface area contributed by atoms with Gasteiger partial charge in [0, 0.05) is 25.1 Å². The average molecular weight is 217 g/mol. The molecule has 1 rings (SSSR count). The van der Waals surface area contributed by atoms with Gasteiger partial charge >= 0.3 is 0 Å². The molecule has 2 atom stereocenters. The van der Waals surface area contributed by atoms with Crippen molar-refractivity contribution >= 4 is 0 Å². The summed E-state index contributed by atoms with van der Waals surface area (Å²) in [6.07, 6.45) is 0.943. The molecule has 1 aliphatic heterocycles. The van der Waals surface area contributed by atoms with Gasteiger partial charge in [-0.15, -0.1) is 0 Å². The van der Waals surface area contributed by atoms with Gasteiger partial charge in [-0.05, 0) is 6.42 Å². The van der Waals surface area contributed by atoms with Crippen LogP contribution in [0.4, 0.5) is 0 Å². The van der Waals surface area contributed by atoms with Crippen LogP contribution in [-0.4, -0.2) is 60.7 Å². The van der Waals surface area contributed by atoms with Gasteiger partial charge in [-0.25, -0.2) is 0 Å². The largest absolute Gasteiger partial charge is 0.396 e. The summed E-state index contributed by atoms with van der Waals surface area (Å²) in [5.41, 5.74) is -0.0647. The van der Waals surface area contributed by atoms with E-state index < -0.39 is 0 Å². The quantitative estimate of drug-likeness (QED) is 0.685. The minimum atomic E-state index is -0.0647. The fraction of sp³-hybridized carbons (Fsp3) is 1.00. The Bertz CT molecular complexity index is 183. The zero-order valence-electron chi connectivity index (χ0n) is 9.78. The number of ether oxygens (including phenoxy) is 1. The molecule has 0 aromatic heterocycles. The second kappa shape index (κ2) is 5.80. The zero-order chi connectivity index (χ0) is 11.3. The van der Waals surface area contributed by atoms with Crippen molar-refractivity contribution in [3.63, 3.8) is 0 Å². The van der Waals surface area contributed by atoms with E-state index >= 15 is 0 Å². The molecule has 15 heavy (non-hydrogen) atoms. The van der Waals surface area contributed by atoms with E-state index in [0.717, 1.165) is 26.1 Å².